The standard InChI is InChI=1S/C10H11NO/c1-7-3-4-10(12)9(5-7)8(2)6-11/h3-5,8,12H,1-2H3. The van der Waals surface area contributed by atoms with Gasteiger partial charge in [-0.2, -0.15) is 5.26 Å². The van der Waals surface area contributed by atoms with Crippen molar-refractivity contribution in [2.45, 2.75) is 19.8 Å². The Labute approximate surface area is 72.1 Å². The molecule has 0 spiro atoms. The number of rotatable bonds is 1. The van der Waals surface area contributed by atoms with Crippen molar-refractivity contribution in [3.8, 4) is 11.8 Å². The summed E-state index contributed by atoms with van der Waals surface area (Å²) in [5.74, 6) is -0.0421. The van der Waals surface area contributed by atoms with E-state index in [1.54, 1.807) is 13.0 Å². The number of hydrogen-bond donors (Lipinski definition) is 1. The minimum atomic E-state index is -0.245. The molecule has 0 aliphatic carbocycles. The molecule has 1 N–H and O–H groups in total. The van der Waals surface area contributed by atoms with Crippen molar-refractivity contribution in [3.05, 3.63) is 29.3 Å². The van der Waals surface area contributed by atoms with Gasteiger partial charge in [0.15, 0.2) is 0 Å². The fourth-order valence-electron chi connectivity index (χ4n) is 1.09. The van der Waals surface area contributed by atoms with E-state index >= 15 is 0 Å². The van der Waals surface area contributed by atoms with Crippen LogP contribution in [0.5, 0.6) is 5.75 Å². The predicted octanol–water partition coefficient (Wildman–Crippen LogP) is 2.33. The Morgan fingerprint density at radius 3 is 2.75 bits per heavy atom. The second kappa shape index (κ2) is 3.27. The van der Waals surface area contributed by atoms with E-state index in [0.717, 1.165) is 5.56 Å². The zero-order chi connectivity index (χ0) is 9.14. The minimum absolute atomic E-state index is 0.203. The van der Waals surface area contributed by atoms with Crippen LogP contribution in [0.1, 0.15) is 24.0 Å². The number of benzene rings is 1. The lowest BCUT2D eigenvalue weighted by molar-refractivity contribution is 0.467. The number of phenolic OH excluding ortho intramolecular Hbond substituents is 1. The zero-order valence-corrected chi connectivity index (χ0v) is 7.20. The SMILES string of the molecule is Cc1ccc(O)c(C(C)C#N)c1. The summed E-state index contributed by atoms with van der Waals surface area (Å²) >= 11 is 0. The molecule has 12 heavy (non-hydrogen) atoms. The molecule has 1 atom stereocenters. The number of hydrogen-bond acceptors (Lipinski definition) is 2. The Hall–Kier alpha value is -1.49. The molecule has 62 valence electrons. The number of aryl methyl sites for hydroxylation is 1. The van der Waals surface area contributed by atoms with Crippen LogP contribution in [0, 0.1) is 18.3 Å². The number of nitrogens with zero attached hydrogens (tertiary/aromatic N) is 1. The van der Waals surface area contributed by atoms with E-state index in [1.807, 2.05) is 19.1 Å². The van der Waals surface area contributed by atoms with E-state index in [1.165, 1.54) is 0 Å². The molecule has 0 heterocycles. The zero-order valence-electron chi connectivity index (χ0n) is 7.20. The molecule has 0 saturated carbocycles. The summed E-state index contributed by atoms with van der Waals surface area (Å²) in [6.45, 7) is 3.71. The van der Waals surface area contributed by atoms with Crippen LogP contribution < -0.4 is 0 Å². The highest BCUT2D eigenvalue weighted by Crippen LogP contribution is 2.25. The molecule has 0 saturated heterocycles. The topological polar surface area (TPSA) is 44.0 Å². The Bertz CT molecular complexity index is 325. The summed E-state index contributed by atoms with van der Waals surface area (Å²) in [7, 11) is 0. The Kier molecular flexibility index (Phi) is 2.35. The number of aromatic hydroxyl groups is 1. The Morgan fingerprint density at radius 1 is 1.50 bits per heavy atom. The van der Waals surface area contributed by atoms with Gasteiger partial charge in [-0.05, 0) is 19.9 Å². The molecular formula is C10H11NO. The highest BCUT2D eigenvalue weighted by molar-refractivity contribution is 5.40. The molecule has 2 nitrogen and oxygen atoms in total. The summed E-state index contributed by atoms with van der Waals surface area (Å²) in [4.78, 5) is 0. The lowest BCUT2D eigenvalue weighted by Gasteiger charge is -2.06. The first kappa shape index (κ1) is 8.61. The molecule has 0 radical (unpaired) electrons. The molecule has 0 aromatic heterocycles. The van der Waals surface area contributed by atoms with Crippen molar-refractivity contribution in [3.63, 3.8) is 0 Å². The van der Waals surface area contributed by atoms with Crippen LogP contribution >= 0.6 is 0 Å². The summed E-state index contributed by atoms with van der Waals surface area (Å²) in [6, 6.07) is 7.37. The summed E-state index contributed by atoms with van der Waals surface area (Å²) in [5, 5.41) is 18.0. The van der Waals surface area contributed by atoms with E-state index in [2.05, 4.69) is 6.07 Å². The summed E-state index contributed by atoms with van der Waals surface area (Å²) < 4.78 is 0. The third-order valence-electron chi connectivity index (χ3n) is 1.84. The van der Waals surface area contributed by atoms with Crippen LogP contribution in [-0.4, -0.2) is 5.11 Å². The van der Waals surface area contributed by atoms with Crippen LogP contribution in [0.4, 0.5) is 0 Å². The van der Waals surface area contributed by atoms with Gasteiger partial charge in [0.2, 0.25) is 0 Å². The monoisotopic (exact) mass is 161 g/mol. The van der Waals surface area contributed by atoms with Crippen LogP contribution in [0.25, 0.3) is 0 Å². The van der Waals surface area contributed by atoms with Gasteiger partial charge < -0.3 is 5.11 Å². The fourth-order valence-corrected chi connectivity index (χ4v) is 1.09. The maximum Gasteiger partial charge on any atom is 0.120 e. The molecule has 0 bridgehead atoms. The number of phenols is 1. The van der Waals surface area contributed by atoms with Gasteiger partial charge in [-0.3, -0.25) is 0 Å². The molecule has 1 rings (SSSR count). The second-order valence-corrected chi connectivity index (χ2v) is 2.91. The Balaban J connectivity index is 3.15. The third kappa shape index (κ3) is 1.57. The van der Waals surface area contributed by atoms with Crippen molar-refractivity contribution >= 4 is 0 Å². The van der Waals surface area contributed by atoms with Gasteiger partial charge in [0.05, 0.1) is 12.0 Å². The van der Waals surface area contributed by atoms with Gasteiger partial charge >= 0.3 is 0 Å². The van der Waals surface area contributed by atoms with Gasteiger partial charge in [0.25, 0.3) is 0 Å². The van der Waals surface area contributed by atoms with Crippen LogP contribution in [0.3, 0.4) is 0 Å². The van der Waals surface area contributed by atoms with Crippen LogP contribution in [0.15, 0.2) is 18.2 Å². The molecule has 0 fully saturated rings. The van der Waals surface area contributed by atoms with Gasteiger partial charge in [-0.25, -0.2) is 0 Å². The summed E-state index contributed by atoms with van der Waals surface area (Å²) in [5.41, 5.74) is 1.77. The maximum atomic E-state index is 9.39. The molecule has 0 aliphatic rings. The first-order valence-electron chi connectivity index (χ1n) is 3.84. The first-order valence-corrected chi connectivity index (χ1v) is 3.84. The lowest BCUT2D eigenvalue weighted by atomic mass is 10.00. The molecule has 1 aromatic rings. The predicted molar refractivity (Wildman–Crippen MR) is 46.9 cm³/mol. The van der Waals surface area contributed by atoms with Crippen molar-refractivity contribution in [2.24, 2.45) is 0 Å². The highest BCUT2D eigenvalue weighted by Gasteiger charge is 2.08. The van der Waals surface area contributed by atoms with Crippen molar-refractivity contribution in [2.75, 3.05) is 0 Å². The Morgan fingerprint density at radius 2 is 2.17 bits per heavy atom. The molecule has 2 heteroatoms. The van der Waals surface area contributed by atoms with E-state index in [4.69, 9.17) is 5.26 Å². The van der Waals surface area contributed by atoms with Gasteiger partial charge in [0, 0.05) is 5.56 Å². The maximum absolute atomic E-state index is 9.39. The fraction of sp³-hybridized carbons (Fsp3) is 0.300. The number of nitriles is 1. The smallest absolute Gasteiger partial charge is 0.120 e. The molecule has 1 unspecified atom stereocenters. The van der Waals surface area contributed by atoms with Crippen LogP contribution in [-0.2, 0) is 0 Å². The molecule has 0 aliphatic heterocycles. The van der Waals surface area contributed by atoms with E-state index in [9.17, 15) is 5.11 Å². The summed E-state index contributed by atoms with van der Waals surface area (Å²) in [6.07, 6.45) is 0. The molecule has 1 aromatic carbocycles. The van der Waals surface area contributed by atoms with Gasteiger partial charge in [-0.15, -0.1) is 0 Å². The van der Waals surface area contributed by atoms with E-state index < -0.39 is 0 Å². The first-order chi connectivity index (χ1) is 5.65. The highest BCUT2D eigenvalue weighted by atomic mass is 16.3. The lowest BCUT2D eigenvalue weighted by Crippen LogP contribution is -1.90. The molecule has 0 amide bonds. The largest absolute Gasteiger partial charge is 0.508 e. The van der Waals surface area contributed by atoms with Crippen LogP contribution in [0.2, 0.25) is 0 Å². The van der Waals surface area contributed by atoms with Crippen molar-refractivity contribution in [1.82, 2.24) is 0 Å². The van der Waals surface area contributed by atoms with Gasteiger partial charge in [0.1, 0.15) is 5.75 Å². The van der Waals surface area contributed by atoms with E-state index in [0.29, 0.717) is 5.56 Å². The average Bonchev–Trinajstić information content (AvgIpc) is 2.08. The van der Waals surface area contributed by atoms with Gasteiger partial charge in [-0.1, -0.05) is 17.7 Å². The second-order valence-electron chi connectivity index (χ2n) is 2.91. The van der Waals surface area contributed by atoms with Crippen molar-refractivity contribution < 1.29 is 5.11 Å². The van der Waals surface area contributed by atoms with E-state index in [-0.39, 0.29) is 11.7 Å². The normalized spacial score (nSPS) is 12.1. The minimum Gasteiger partial charge on any atom is -0.508 e. The average molecular weight is 161 g/mol. The quantitative estimate of drug-likeness (QED) is 0.687. The third-order valence-corrected chi connectivity index (χ3v) is 1.84. The molecular weight excluding hydrogens is 150 g/mol. The van der Waals surface area contributed by atoms with Crippen molar-refractivity contribution in [1.29, 1.82) is 5.26 Å².